The summed E-state index contributed by atoms with van der Waals surface area (Å²) in [6.07, 6.45) is 13.4. The van der Waals surface area contributed by atoms with Gasteiger partial charge in [0, 0.05) is 75.0 Å². The topological polar surface area (TPSA) is 323 Å². The number of allylic oxidation sites excluding steroid dienone is 5. The molecule has 16 rings (SSSR count). The maximum Gasteiger partial charge on any atom is 0.221 e. The molecule has 24 nitrogen and oxygen atoms in total. The van der Waals surface area contributed by atoms with Crippen LogP contribution in [0.2, 0.25) is 0 Å². The second-order valence-electron chi connectivity index (χ2n) is 33.9. The Morgan fingerprint density at radius 2 is 0.750 bits per heavy atom. The molecule has 0 saturated heterocycles. The molecule has 0 saturated carbocycles. The number of rotatable bonds is 31. The van der Waals surface area contributed by atoms with E-state index in [2.05, 4.69) is 80.2 Å². The summed E-state index contributed by atoms with van der Waals surface area (Å²) >= 11 is 0. The predicted octanol–water partition coefficient (Wildman–Crippen LogP) is 19.3. The first-order chi connectivity index (χ1) is 65.6. The molecule has 4 heterocycles. The maximum atomic E-state index is 14.2. The Hall–Kier alpha value is -15.2. The lowest BCUT2D eigenvalue weighted by atomic mass is 9.83. The van der Waals surface area contributed by atoms with E-state index in [0.717, 1.165) is 101 Å². The van der Waals surface area contributed by atoms with E-state index in [1.165, 1.54) is 109 Å². The van der Waals surface area contributed by atoms with Gasteiger partial charge in [0.05, 0.1) is 93.6 Å². The largest absolute Gasteiger partial charge is 0.502 e. The minimum atomic E-state index is -0.334. The van der Waals surface area contributed by atoms with Gasteiger partial charge in [-0.2, -0.15) is 0 Å². The van der Waals surface area contributed by atoms with Crippen LogP contribution in [0.1, 0.15) is 178 Å². The molecule has 7 atom stereocenters. The molecule has 27 heteroatoms. The lowest BCUT2D eigenvalue weighted by Gasteiger charge is -2.22. The van der Waals surface area contributed by atoms with Crippen molar-refractivity contribution < 1.29 is 90.7 Å². The highest BCUT2D eigenvalue weighted by molar-refractivity contribution is 5.91. The van der Waals surface area contributed by atoms with Crippen molar-refractivity contribution in [2.24, 2.45) is 11.8 Å². The average molecular weight is 1850 g/mol. The molecular formula is C109H113F3N8O16. The number of aromatic hydroxyl groups is 4. The van der Waals surface area contributed by atoms with Crippen molar-refractivity contribution in [2.45, 2.75) is 135 Å². The van der Waals surface area contributed by atoms with Crippen LogP contribution in [0.3, 0.4) is 0 Å². The first-order valence-corrected chi connectivity index (χ1v) is 44.7. The Labute approximate surface area is 789 Å². The molecule has 0 spiro atoms. The molecule has 0 fully saturated rings. The summed E-state index contributed by atoms with van der Waals surface area (Å²) in [4.78, 5) is 68.0. The van der Waals surface area contributed by atoms with Crippen LogP contribution in [-0.4, -0.2) is 121 Å². The number of amides is 4. The SMILES string of the molecule is COc1cc(/C=C2\c3ccc(F)cc3C(CC(=O)NCc3cccnc3)C2C)cc(OC)c1O.COc1cc(CC2=C(C)C(CC(=O)NCc3ccccn3)c3cc(C)ccc32)cc(OC)c1O.COc1cc(CC2=C(C)C(CC(=O)NCc3ccccn3)c3cc(F)ccc32)cc(OC)c1O.COc1cc(CC2c3ccc(F)cc3C(CC(=O)NCc3ccccn3)C2C)cc(OC)c1O. The number of benzene rings is 8. The molecule has 12 aromatic rings. The third-order valence-electron chi connectivity index (χ3n) is 25.6. The van der Waals surface area contributed by atoms with Crippen molar-refractivity contribution in [1.29, 1.82) is 0 Å². The first kappa shape index (κ1) is 98.4. The highest BCUT2D eigenvalue weighted by Crippen LogP contribution is 2.54. The molecule has 4 amide bonds. The van der Waals surface area contributed by atoms with E-state index in [4.69, 9.17) is 37.9 Å². The quantitative estimate of drug-likeness (QED) is 0.0200. The van der Waals surface area contributed by atoms with Crippen molar-refractivity contribution in [3.63, 3.8) is 0 Å². The number of phenols is 4. The van der Waals surface area contributed by atoms with E-state index < -0.39 is 0 Å². The minimum absolute atomic E-state index is 0.00307. The summed E-state index contributed by atoms with van der Waals surface area (Å²) in [7, 11) is 11.9. The lowest BCUT2D eigenvalue weighted by molar-refractivity contribution is -0.122. The van der Waals surface area contributed by atoms with Gasteiger partial charge < -0.3 is 79.6 Å². The third-order valence-corrected chi connectivity index (χ3v) is 25.6. The Morgan fingerprint density at radius 3 is 1.18 bits per heavy atom. The Bertz CT molecular complexity index is 6100. The molecular weight excluding hydrogens is 1730 g/mol. The highest BCUT2D eigenvalue weighted by atomic mass is 19.1. The van der Waals surface area contributed by atoms with Crippen LogP contribution in [0.25, 0.3) is 22.8 Å². The normalized spacial score (nSPS) is 16.5. The fraction of sp³-hybridized carbons (Fsp3) is 0.284. The van der Waals surface area contributed by atoms with E-state index in [9.17, 15) is 52.8 Å². The van der Waals surface area contributed by atoms with Gasteiger partial charge in [-0.1, -0.05) is 97.3 Å². The van der Waals surface area contributed by atoms with Gasteiger partial charge in [-0.05, 0) is 286 Å². The van der Waals surface area contributed by atoms with Crippen LogP contribution in [0.15, 0.2) is 230 Å². The van der Waals surface area contributed by atoms with Gasteiger partial charge in [-0.15, -0.1) is 0 Å². The number of carbonyl (C=O) groups is 4. The van der Waals surface area contributed by atoms with E-state index in [1.54, 1.807) is 85.6 Å². The number of phenolic OH excluding ortho intramolecular Hbond substituents is 4. The Morgan fingerprint density at radius 1 is 0.368 bits per heavy atom. The summed E-state index contributed by atoms with van der Waals surface area (Å²) in [5.41, 5.74) is 21.1. The van der Waals surface area contributed by atoms with Gasteiger partial charge in [-0.3, -0.25) is 39.1 Å². The molecule has 136 heavy (non-hydrogen) atoms. The van der Waals surface area contributed by atoms with Gasteiger partial charge in [0.1, 0.15) is 17.5 Å². The molecule has 4 aromatic heterocycles. The number of carbonyl (C=O) groups excluding carboxylic acids is 4. The summed E-state index contributed by atoms with van der Waals surface area (Å²) < 4.78 is 85.0. The van der Waals surface area contributed by atoms with Crippen LogP contribution < -0.4 is 59.2 Å². The smallest absolute Gasteiger partial charge is 0.221 e. The van der Waals surface area contributed by atoms with Crippen molar-refractivity contribution in [1.82, 2.24) is 41.2 Å². The fourth-order valence-electron chi connectivity index (χ4n) is 18.5. The number of hydrogen-bond donors (Lipinski definition) is 8. The number of methoxy groups -OCH3 is 8. The van der Waals surface area contributed by atoms with Crippen LogP contribution in [0, 0.1) is 36.2 Å². The second kappa shape index (κ2) is 45.5. The number of nitrogens with one attached hydrogen (secondary N) is 4. The summed E-state index contributed by atoms with van der Waals surface area (Å²) in [6.45, 7) is 11.8. The number of aryl methyl sites for hydroxylation is 1. The number of fused-ring (bicyclic) bond motifs is 4. The average Bonchev–Trinajstić information content (AvgIpc) is 1.62. The third kappa shape index (κ3) is 23.5. The minimum Gasteiger partial charge on any atom is -0.502 e. The van der Waals surface area contributed by atoms with E-state index in [1.807, 2.05) is 105 Å². The van der Waals surface area contributed by atoms with Crippen LogP contribution >= 0.6 is 0 Å². The molecule has 4 aliphatic rings. The molecule has 706 valence electrons. The zero-order chi connectivity index (χ0) is 97.0. The van der Waals surface area contributed by atoms with Crippen LogP contribution in [0.4, 0.5) is 13.2 Å². The predicted molar refractivity (Wildman–Crippen MR) is 514 cm³/mol. The highest BCUT2D eigenvalue weighted by Gasteiger charge is 2.41. The van der Waals surface area contributed by atoms with Crippen molar-refractivity contribution >= 4 is 46.4 Å². The number of pyridine rings is 4. The Balaban J connectivity index is 0.000000153. The van der Waals surface area contributed by atoms with Gasteiger partial charge in [0.25, 0.3) is 0 Å². The first-order valence-electron chi connectivity index (χ1n) is 44.7. The molecule has 7 unspecified atom stereocenters. The Kier molecular flexibility index (Phi) is 32.9. The molecule has 4 aliphatic carbocycles. The van der Waals surface area contributed by atoms with Crippen molar-refractivity contribution in [3.8, 4) is 69.0 Å². The van der Waals surface area contributed by atoms with Crippen molar-refractivity contribution in [2.75, 3.05) is 56.9 Å². The monoisotopic (exact) mass is 1850 g/mol. The fourth-order valence-corrected chi connectivity index (χ4v) is 18.5. The second-order valence-corrected chi connectivity index (χ2v) is 33.9. The van der Waals surface area contributed by atoms with Gasteiger partial charge in [0.15, 0.2) is 46.0 Å². The molecule has 0 radical (unpaired) electrons. The van der Waals surface area contributed by atoms with Gasteiger partial charge in [-0.25, -0.2) is 13.2 Å². The molecule has 0 bridgehead atoms. The van der Waals surface area contributed by atoms with Crippen LogP contribution in [-0.2, 0) is 64.6 Å². The molecule has 8 N–H and O–H groups in total. The summed E-state index contributed by atoms with van der Waals surface area (Å²) in [5, 5.41) is 52.8. The van der Waals surface area contributed by atoms with Crippen LogP contribution in [0.5, 0.6) is 69.0 Å². The van der Waals surface area contributed by atoms with E-state index in [-0.39, 0.29) is 125 Å². The summed E-state index contributed by atoms with van der Waals surface area (Å²) in [6, 6.07) is 55.4. The van der Waals surface area contributed by atoms with Crippen molar-refractivity contribution in [3.05, 3.63) is 343 Å². The lowest BCUT2D eigenvalue weighted by Crippen LogP contribution is -2.26. The number of hydrogen-bond acceptors (Lipinski definition) is 20. The number of aromatic nitrogens is 4. The number of halogens is 3. The zero-order valence-electron chi connectivity index (χ0n) is 78.3. The standard InChI is InChI=1S/C28H30N2O4.C27H27FN2O4.C27H29FN2O4.C27H27FN2O4/c1-17-8-9-21-22(12-19-13-25(33-3)28(32)26(14-19)34-4)18(2)23(24(21)11-17)15-27(31)30-16-20-7-5-6-10-29-20;1-16-21(9-18-10-24(33-2)27(32)25(11-18)34-3)20-7-6-19(28)12-23(20)22(16)13-26(31)30-15-17-5-4-8-29-14-17;2*1-16-21(10-17-11-24(33-2)27(32)25(12-17)34-3)20-8-7-18(28)13-23(20)22(16)14-26(31)30-15-19-6-4-5-9-29-19/h5-11,13-14,23,32H,12,15-16H2,1-4H3,(H,30,31);4-12,14,16,22,32H,13,15H2,1-3H3,(H,30,31);4-9,11-13,16,21-22,32H,10,14-15H2,1-3H3,(H,30,31);4-9,11-13,22,32H,10,14-15H2,1-3H3,(H,30,31)/b;21-9-;;. The number of ether oxygens (including phenoxy) is 8. The number of nitrogens with zero attached hydrogens (tertiary/aromatic N) is 4. The van der Waals surface area contributed by atoms with E-state index in [0.29, 0.717) is 97.9 Å². The van der Waals surface area contributed by atoms with Gasteiger partial charge >= 0.3 is 0 Å². The summed E-state index contributed by atoms with van der Waals surface area (Å²) in [5.74, 6) is 0.790. The molecule has 0 aliphatic heterocycles. The molecule has 8 aromatic carbocycles. The van der Waals surface area contributed by atoms with E-state index >= 15 is 0 Å². The van der Waals surface area contributed by atoms with Gasteiger partial charge in [0.2, 0.25) is 46.6 Å². The zero-order valence-corrected chi connectivity index (χ0v) is 78.3. The maximum absolute atomic E-state index is 14.2.